The topological polar surface area (TPSA) is 138 Å². The molecule has 11 nitrogen and oxygen atoms in total. The molecule has 3 amide bonds. The van der Waals surface area contributed by atoms with Crippen LogP contribution in [0.5, 0.6) is 11.5 Å². The van der Waals surface area contributed by atoms with Gasteiger partial charge in [-0.25, -0.2) is 13.2 Å². The third-order valence-electron chi connectivity index (χ3n) is 7.57. The minimum atomic E-state index is -4.52. The first-order valence-corrected chi connectivity index (χ1v) is 15.7. The number of urea groups is 1. The molecule has 0 aliphatic carbocycles. The molecule has 1 heterocycles. The first-order valence-electron chi connectivity index (χ1n) is 14.2. The van der Waals surface area contributed by atoms with Gasteiger partial charge >= 0.3 is 12.2 Å². The maximum absolute atomic E-state index is 13.7. The Hall–Kier alpha value is -4.50. The van der Waals surface area contributed by atoms with Gasteiger partial charge in [0.25, 0.3) is 15.9 Å². The Morgan fingerprint density at radius 2 is 1.78 bits per heavy atom. The van der Waals surface area contributed by atoms with Crippen LogP contribution in [0.4, 0.5) is 29.3 Å². The SMILES string of the molecule is COc1ccc(S(=O)(=O)Nc2cccc3c2O[C@H](CN(C)C(=O)Nc2ccc(C(F)(F)F)cc2)[C@@H](C)CN([C@H](C)CO)C3=O)cc1. The lowest BCUT2D eigenvalue weighted by molar-refractivity contribution is -0.137. The number of fused-ring (bicyclic) bond motifs is 1. The number of ether oxygens (including phenoxy) is 2. The van der Waals surface area contributed by atoms with Crippen LogP contribution in [0.3, 0.4) is 0 Å². The van der Waals surface area contributed by atoms with Gasteiger partial charge in [-0.15, -0.1) is 0 Å². The summed E-state index contributed by atoms with van der Waals surface area (Å²) in [7, 11) is -1.24. The average molecular weight is 665 g/mol. The number of aliphatic hydroxyl groups excluding tert-OH is 1. The summed E-state index contributed by atoms with van der Waals surface area (Å²) in [6.45, 7) is 3.20. The summed E-state index contributed by atoms with van der Waals surface area (Å²) in [5, 5.41) is 12.5. The highest BCUT2D eigenvalue weighted by molar-refractivity contribution is 7.92. The van der Waals surface area contributed by atoms with E-state index >= 15 is 0 Å². The summed E-state index contributed by atoms with van der Waals surface area (Å²) in [6.07, 6.45) is -5.32. The van der Waals surface area contributed by atoms with Gasteiger partial charge in [0, 0.05) is 25.2 Å². The fourth-order valence-electron chi connectivity index (χ4n) is 4.81. The second-order valence-electron chi connectivity index (χ2n) is 11.0. The zero-order valence-corrected chi connectivity index (χ0v) is 26.4. The number of nitrogens with one attached hydrogen (secondary N) is 2. The van der Waals surface area contributed by atoms with Crippen molar-refractivity contribution in [3.63, 3.8) is 0 Å². The first-order chi connectivity index (χ1) is 21.6. The first kappa shape index (κ1) is 34.4. The molecule has 4 rings (SSSR count). The largest absolute Gasteiger partial charge is 0.497 e. The number of hydrogen-bond donors (Lipinski definition) is 3. The van der Waals surface area contributed by atoms with E-state index in [4.69, 9.17) is 9.47 Å². The zero-order chi connectivity index (χ0) is 33.8. The number of alkyl halides is 3. The van der Waals surface area contributed by atoms with Gasteiger partial charge in [0.1, 0.15) is 11.9 Å². The number of methoxy groups -OCH3 is 1. The fraction of sp³-hybridized carbons (Fsp3) is 0.355. The molecule has 3 aromatic carbocycles. The molecule has 0 unspecified atom stereocenters. The van der Waals surface area contributed by atoms with Crippen molar-refractivity contribution in [3.8, 4) is 11.5 Å². The summed E-state index contributed by atoms with van der Waals surface area (Å²) in [5.41, 5.74) is -0.687. The van der Waals surface area contributed by atoms with Crippen molar-refractivity contribution in [2.45, 2.75) is 37.1 Å². The number of nitrogens with zero attached hydrogens (tertiary/aromatic N) is 2. The number of para-hydroxylation sites is 1. The van der Waals surface area contributed by atoms with E-state index in [0.29, 0.717) is 5.75 Å². The van der Waals surface area contributed by atoms with Gasteiger partial charge in [0.15, 0.2) is 5.75 Å². The summed E-state index contributed by atoms with van der Waals surface area (Å²) >= 11 is 0. The summed E-state index contributed by atoms with van der Waals surface area (Å²) in [5.74, 6) is -0.522. The molecule has 0 bridgehead atoms. The Balaban J connectivity index is 1.64. The molecular formula is C31H35F3N4O7S. The van der Waals surface area contributed by atoms with Gasteiger partial charge in [-0.05, 0) is 67.6 Å². The van der Waals surface area contributed by atoms with E-state index in [9.17, 15) is 36.3 Å². The maximum Gasteiger partial charge on any atom is 0.416 e. The Bertz CT molecular complexity index is 1650. The Morgan fingerprint density at radius 3 is 2.37 bits per heavy atom. The number of carbonyl (C=O) groups excluding carboxylic acids is 2. The molecule has 3 N–H and O–H groups in total. The molecule has 1 aliphatic rings. The predicted molar refractivity (Wildman–Crippen MR) is 165 cm³/mol. The van der Waals surface area contributed by atoms with Crippen LogP contribution in [0, 0.1) is 5.92 Å². The standard InChI is InChI=1S/C31H35F3N4O7S/c1-19-16-38(20(2)18-39)29(40)25-6-5-7-26(36-46(42,43)24-14-12-23(44-4)13-15-24)28(25)45-27(19)17-37(3)30(41)35-22-10-8-21(9-11-22)31(32,33)34/h5-15,19-20,27,36,39H,16-18H2,1-4H3,(H,35,41)/t19-,20+,27+/m0/s1. The highest BCUT2D eigenvalue weighted by Gasteiger charge is 2.36. The van der Waals surface area contributed by atoms with E-state index in [1.807, 2.05) is 0 Å². The second kappa shape index (κ2) is 13.9. The number of halogens is 3. The lowest BCUT2D eigenvalue weighted by Crippen LogP contribution is -2.50. The zero-order valence-electron chi connectivity index (χ0n) is 25.5. The van der Waals surface area contributed by atoms with Crippen molar-refractivity contribution in [2.75, 3.05) is 43.9 Å². The Kier molecular flexibility index (Phi) is 10.4. The third-order valence-corrected chi connectivity index (χ3v) is 8.95. The van der Waals surface area contributed by atoms with E-state index < -0.39 is 51.8 Å². The molecule has 0 saturated carbocycles. The van der Waals surface area contributed by atoms with Crippen LogP contribution in [0.25, 0.3) is 0 Å². The van der Waals surface area contributed by atoms with Gasteiger partial charge in [-0.3, -0.25) is 9.52 Å². The highest BCUT2D eigenvalue weighted by Crippen LogP contribution is 2.36. The fourth-order valence-corrected chi connectivity index (χ4v) is 5.88. The van der Waals surface area contributed by atoms with E-state index in [1.165, 1.54) is 66.4 Å². The number of sulfonamides is 1. The predicted octanol–water partition coefficient (Wildman–Crippen LogP) is 4.90. The summed E-state index contributed by atoms with van der Waals surface area (Å²) < 4.78 is 79.5. The van der Waals surface area contributed by atoms with E-state index in [2.05, 4.69) is 10.0 Å². The van der Waals surface area contributed by atoms with Crippen LogP contribution in [0.1, 0.15) is 29.8 Å². The molecule has 0 aromatic heterocycles. The molecule has 0 radical (unpaired) electrons. The molecule has 0 spiro atoms. The summed E-state index contributed by atoms with van der Waals surface area (Å²) in [6, 6.07) is 12.9. The van der Waals surface area contributed by atoms with Crippen molar-refractivity contribution in [2.24, 2.45) is 5.92 Å². The van der Waals surface area contributed by atoms with Gasteiger partial charge < -0.3 is 29.7 Å². The van der Waals surface area contributed by atoms with Crippen LogP contribution in [0.15, 0.2) is 71.6 Å². The molecule has 3 aromatic rings. The number of amides is 3. The molecule has 15 heteroatoms. The number of carbonyl (C=O) groups is 2. The van der Waals surface area contributed by atoms with Gasteiger partial charge in [-0.2, -0.15) is 13.2 Å². The van der Waals surface area contributed by atoms with E-state index in [1.54, 1.807) is 13.8 Å². The molecule has 46 heavy (non-hydrogen) atoms. The van der Waals surface area contributed by atoms with Crippen LogP contribution in [0.2, 0.25) is 0 Å². The molecule has 248 valence electrons. The number of anilines is 2. The molecular weight excluding hydrogens is 629 g/mol. The van der Waals surface area contributed by atoms with Crippen LogP contribution < -0.4 is 19.5 Å². The number of aliphatic hydroxyl groups is 1. The number of likely N-dealkylation sites (N-methyl/N-ethyl adjacent to an activating group) is 1. The van der Waals surface area contributed by atoms with Crippen molar-refractivity contribution in [1.82, 2.24) is 9.80 Å². The van der Waals surface area contributed by atoms with Crippen LogP contribution in [-0.4, -0.2) is 81.3 Å². The number of benzene rings is 3. The third kappa shape index (κ3) is 7.83. The van der Waals surface area contributed by atoms with E-state index in [0.717, 1.165) is 24.3 Å². The van der Waals surface area contributed by atoms with Crippen molar-refractivity contribution >= 4 is 33.3 Å². The maximum atomic E-state index is 13.7. The second-order valence-corrected chi connectivity index (χ2v) is 12.7. The molecule has 0 saturated heterocycles. The van der Waals surface area contributed by atoms with Crippen molar-refractivity contribution < 1.29 is 45.8 Å². The molecule has 0 fully saturated rings. The minimum Gasteiger partial charge on any atom is -0.497 e. The van der Waals surface area contributed by atoms with Gasteiger partial charge in [-0.1, -0.05) is 13.0 Å². The molecule has 3 atom stereocenters. The summed E-state index contributed by atoms with van der Waals surface area (Å²) in [4.78, 5) is 29.4. The Labute approximate surface area is 265 Å². The Morgan fingerprint density at radius 1 is 1.13 bits per heavy atom. The normalized spacial score (nSPS) is 17.6. The van der Waals surface area contributed by atoms with Gasteiger partial charge in [0.2, 0.25) is 0 Å². The minimum absolute atomic E-state index is 0.0192. The number of hydrogen-bond acceptors (Lipinski definition) is 7. The highest BCUT2D eigenvalue weighted by atomic mass is 32.2. The lowest BCUT2D eigenvalue weighted by Gasteiger charge is -2.38. The van der Waals surface area contributed by atoms with Crippen LogP contribution in [-0.2, 0) is 16.2 Å². The van der Waals surface area contributed by atoms with Crippen molar-refractivity contribution in [3.05, 3.63) is 77.9 Å². The quantitative estimate of drug-likeness (QED) is 0.296. The van der Waals surface area contributed by atoms with Crippen LogP contribution >= 0.6 is 0 Å². The monoisotopic (exact) mass is 664 g/mol. The number of rotatable bonds is 9. The van der Waals surface area contributed by atoms with Crippen molar-refractivity contribution in [1.29, 1.82) is 0 Å². The molecule has 1 aliphatic heterocycles. The van der Waals surface area contributed by atoms with E-state index in [-0.39, 0.29) is 47.3 Å². The average Bonchev–Trinajstić information content (AvgIpc) is 3.02. The van der Waals surface area contributed by atoms with Gasteiger partial charge in [0.05, 0.1) is 48.0 Å². The lowest BCUT2D eigenvalue weighted by atomic mass is 9.99. The smallest absolute Gasteiger partial charge is 0.416 e.